The summed E-state index contributed by atoms with van der Waals surface area (Å²) in [6.45, 7) is 2.23. The molecule has 0 rings (SSSR count). The van der Waals surface area contributed by atoms with E-state index in [2.05, 4.69) is 15.9 Å². The Morgan fingerprint density at radius 3 is 2.29 bits per heavy atom. The van der Waals surface area contributed by atoms with Crippen molar-refractivity contribution in [1.29, 1.82) is 0 Å². The summed E-state index contributed by atoms with van der Waals surface area (Å²) in [6.07, 6.45) is 4.16. The number of hydrogen-bond acceptors (Lipinski definition) is 0. The first-order chi connectivity index (χ1) is 2.91. The molecule has 0 spiro atoms. The summed E-state index contributed by atoms with van der Waals surface area (Å²) >= 11 is 0. The highest BCUT2D eigenvalue weighted by Gasteiger charge is 1.75. The van der Waals surface area contributed by atoms with Crippen LogP contribution in [0.3, 0.4) is 0 Å². The van der Waals surface area contributed by atoms with Gasteiger partial charge >= 0.3 is 0 Å². The second-order valence-corrected chi connectivity index (χ2v) is 3.44. The minimum absolute atomic E-state index is 0. The van der Waals surface area contributed by atoms with Crippen LogP contribution in [0.4, 0.5) is 0 Å². The van der Waals surface area contributed by atoms with Crippen LogP contribution in [0.5, 0.6) is 0 Å². The third kappa shape index (κ3) is 11.1. The minimum atomic E-state index is 0. The zero-order valence-electron chi connectivity index (χ0n) is 4.61. The molecular weight excluding hydrogens is 190 g/mol. The van der Waals surface area contributed by atoms with E-state index in [0.29, 0.717) is 0 Å². The Hall–Kier alpha value is 1.34. The van der Waals surface area contributed by atoms with Crippen molar-refractivity contribution in [3.8, 4) is 0 Å². The molecule has 3 heteroatoms. The molecule has 7 heavy (non-hydrogen) atoms. The van der Waals surface area contributed by atoms with E-state index < -0.39 is 0 Å². The van der Waals surface area contributed by atoms with Crippen LogP contribution < -0.4 is 0 Å². The number of hydrogen-bond donors (Lipinski definition) is 0. The summed E-state index contributed by atoms with van der Waals surface area (Å²) in [6, 6.07) is 0. The Kier molecular flexibility index (Phi) is 16.5. The summed E-state index contributed by atoms with van der Waals surface area (Å²) in [4.78, 5) is 0. The van der Waals surface area contributed by atoms with Gasteiger partial charge < -0.3 is 0 Å². The fraction of sp³-hybridized carbons (Fsp3) is 1.00. The molecule has 0 aromatic rings. The predicted octanol–water partition coefficient (Wildman–Crippen LogP) is 2.83. The summed E-state index contributed by atoms with van der Waals surface area (Å²) < 4.78 is 0. The lowest BCUT2D eigenvalue weighted by molar-refractivity contribution is 0.896. The van der Waals surface area contributed by atoms with Crippen molar-refractivity contribution in [2.24, 2.45) is 0 Å². The molecule has 0 aromatic carbocycles. The Bertz CT molecular complexity index is 21.7. The molecule has 0 nitrogen and oxygen atoms in total. The van der Waals surface area contributed by atoms with Gasteiger partial charge in [0.15, 0.2) is 0 Å². The highest BCUT2D eigenvalue weighted by atomic mass is 79.9. The van der Waals surface area contributed by atoms with Crippen LogP contribution in [0, 0.1) is 0 Å². The summed E-state index contributed by atoms with van der Waals surface area (Å²) in [5.41, 5.74) is 0. The third-order valence-corrected chi connectivity index (χ3v) is 2.18. The fourth-order valence-electron chi connectivity index (χ4n) is 0.279. The molecular formula is C4H13BrP2. The van der Waals surface area contributed by atoms with Crippen molar-refractivity contribution < 1.29 is 0 Å². The van der Waals surface area contributed by atoms with Crippen molar-refractivity contribution in [1.82, 2.24) is 0 Å². The predicted molar refractivity (Wildman–Crippen MR) is 48.1 cm³/mol. The van der Waals surface area contributed by atoms with E-state index in [9.17, 15) is 0 Å². The van der Waals surface area contributed by atoms with E-state index in [1.54, 1.807) is 0 Å². The Labute approximate surface area is 60.5 Å². The van der Waals surface area contributed by atoms with Gasteiger partial charge in [-0.2, -0.15) is 0 Å². The van der Waals surface area contributed by atoms with Crippen LogP contribution in [0.15, 0.2) is 0 Å². The molecule has 2 unspecified atom stereocenters. The lowest BCUT2D eigenvalue weighted by atomic mass is 10.4. The minimum Gasteiger partial charge on any atom is -0.114 e. The molecule has 0 saturated heterocycles. The van der Waals surface area contributed by atoms with E-state index in [1.807, 2.05) is 0 Å². The molecule has 2 atom stereocenters. The molecule has 0 amide bonds. The lowest BCUT2D eigenvalue weighted by Gasteiger charge is -1.86. The van der Waals surface area contributed by atoms with Gasteiger partial charge in [-0.25, -0.2) is 0 Å². The Morgan fingerprint density at radius 1 is 1.57 bits per heavy atom. The van der Waals surface area contributed by atoms with Gasteiger partial charge in [0.2, 0.25) is 0 Å². The monoisotopic (exact) mass is 202 g/mol. The first-order valence-corrected chi connectivity index (χ1v) is 5.37. The van der Waals surface area contributed by atoms with Crippen LogP contribution in [0.2, 0.25) is 0 Å². The molecule has 0 N–H and O–H groups in total. The molecule has 0 aliphatic rings. The van der Waals surface area contributed by atoms with Crippen molar-refractivity contribution in [3.63, 3.8) is 0 Å². The van der Waals surface area contributed by atoms with Gasteiger partial charge in [0.25, 0.3) is 0 Å². The van der Waals surface area contributed by atoms with Gasteiger partial charge in [-0.15, -0.1) is 34.2 Å². The maximum Gasteiger partial charge on any atom is -0.0319 e. The van der Waals surface area contributed by atoms with Crippen molar-refractivity contribution in [2.45, 2.75) is 19.8 Å². The third-order valence-electron chi connectivity index (χ3n) is 0.675. The molecule has 0 aliphatic carbocycles. The Morgan fingerprint density at radius 2 is 2.14 bits per heavy atom. The van der Waals surface area contributed by atoms with Crippen molar-refractivity contribution in [3.05, 3.63) is 0 Å². The van der Waals surface area contributed by atoms with Crippen molar-refractivity contribution >= 4 is 34.2 Å². The maximum atomic E-state index is 2.76. The normalized spacial score (nSPS) is 9.43. The van der Waals surface area contributed by atoms with E-state index in [-0.39, 0.29) is 17.0 Å². The van der Waals surface area contributed by atoms with Gasteiger partial charge in [0.05, 0.1) is 0 Å². The second-order valence-electron chi connectivity index (χ2n) is 1.31. The summed E-state index contributed by atoms with van der Waals surface area (Å²) in [5.74, 6) is 0. The van der Waals surface area contributed by atoms with Crippen LogP contribution in [-0.2, 0) is 0 Å². The zero-order valence-corrected chi connectivity index (χ0v) is 8.47. The topological polar surface area (TPSA) is 0 Å². The first-order valence-electron chi connectivity index (χ1n) is 2.35. The van der Waals surface area contributed by atoms with Gasteiger partial charge in [-0.3, -0.25) is 0 Å². The molecule has 0 aromatic heterocycles. The quantitative estimate of drug-likeness (QED) is 0.488. The smallest absolute Gasteiger partial charge is 0.0319 e. The van der Waals surface area contributed by atoms with Crippen LogP contribution in [-0.4, -0.2) is 6.16 Å². The summed E-state index contributed by atoms with van der Waals surface area (Å²) in [5, 5.41) is 0. The number of rotatable bonds is 3. The van der Waals surface area contributed by atoms with E-state index >= 15 is 0 Å². The standard InChI is InChI=1S/C4H12P2.BrH/c1-2-3-4-6-5;/h6H,2-5H2,1H3;1H. The highest BCUT2D eigenvalue weighted by Crippen LogP contribution is 2.20. The van der Waals surface area contributed by atoms with Crippen LogP contribution >= 0.6 is 34.2 Å². The molecule has 0 bridgehead atoms. The molecule has 0 aliphatic heterocycles. The molecule has 46 valence electrons. The first kappa shape index (κ1) is 11.2. The molecule has 0 saturated carbocycles. The number of halogens is 1. The van der Waals surface area contributed by atoms with Crippen LogP contribution in [0.25, 0.3) is 0 Å². The van der Waals surface area contributed by atoms with E-state index in [4.69, 9.17) is 0 Å². The molecule has 0 heterocycles. The average Bonchev–Trinajstić information content (AvgIpc) is 1.61. The largest absolute Gasteiger partial charge is 0.114 e. The van der Waals surface area contributed by atoms with Crippen LogP contribution in [0.1, 0.15) is 19.8 Å². The number of unbranched alkanes of at least 4 members (excludes halogenated alkanes) is 1. The lowest BCUT2D eigenvalue weighted by Crippen LogP contribution is -1.66. The summed E-state index contributed by atoms with van der Waals surface area (Å²) in [7, 11) is 3.84. The van der Waals surface area contributed by atoms with Gasteiger partial charge in [0.1, 0.15) is 0 Å². The van der Waals surface area contributed by atoms with Gasteiger partial charge in [-0.1, -0.05) is 13.3 Å². The fourth-order valence-corrected chi connectivity index (χ4v) is 1.45. The second kappa shape index (κ2) is 10.3. The zero-order chi connectivity index (χ0) is 4.83. The van der Waals surface area contributed by atoms with Gasteiger partial charge in [-0.05, 0) is 12.6 Å². The van der Waals surface area contributed by atoms with E-state index in [1.165, 1.54) is 19.0 Å². The maximum absolute atomic E-state index is 2.76. The van der Waals surface area contributed by atoms with Crippen molar-refractivity contribution in [2.75, 3.05) is 6.16 Å². The Balaban J connectivity index is 0. The molecule has 0 radical (unpaired) electrons. The SMILES string of the molecule is Br.CCCCPP. The average molecular weight is 203 g/mol. The molecule has 0 fully saturated rings. The van der Waals surface area contributed by atoms with Gasteiger partial charge in [0, 0.05) is 0 Å². The van der Waals surface area contributed by atoms with E-state index in [0.717, 1.165) is 8.27 Å². The highest BCUT2D eigenvalue weighted by molar-refractivity contribution is 8.93.